The minimum absolute atomic E-state index is 0.373. The van der Waals surface area contributed by atoms with Gasteiger partial charge in [0, 0.05) is 12.4 Å². The Hall–Kier alpha value is -0.900. The molecule has 2 rings (SSSR count). The van der Waals surface area contributed by atoms with E-state index in [4.69, 9.17) is 5.11 Å². The number of aromatic nitrogens is 1. The third kappa shape index (κ3) is 1.58. The molecule has 1 aliphatic carbocycles. The predicted molar refractivity (Wildman–Crippen MR) is 50.9 cm³/mol. The number of nitrogens with zero attached hydrogens (tertiary/aromatic N) is 1. The third-order valence-electron chi connectivity index (χ3n) is 2.16. The van der Waals surface area contributed by atoms with Crippen molar-refractivity contribution >= 4 is 21.9 Å². The first-order valence-electron chi connectivity index (χ1n) is 4.07. The van der Waals surface area contributed by atoms with Crippen LogP contribution in [-0.2, 0) is 0 Å². The molecule has 0 aliphatic heterocycles. The molecule has 1 aromatic heterocycles. The lowest BCUT2D eigenvalue weighted by molar-refractivity contribution is 0.0694. The third-order valence-corrected chi connectivity index (χ3v) is 2.76. The Balaban J connectivity index is 2.53. The second-order valence-corrected chi connectivity index (χ2v) is 4.02. The molecule has 0 spiro atoms. The summed E-state index contributed by atoms with van der Waals surface area (Å²) in [6.07, 6.45) is 5.35. The summed E-state index contributed by atoms with van der Waals surface area (Å²) >= 11 is 3.20. The molecule has 3 nitrogen and oxygen atoms in total. The Morgan fingerprint density at radius 2 is 2.23 bits per heavy atom. The van der Waals surface area contributed by atoms with Crippen molar-refractivity contribution in [3.8, 4) is 0 Å². The van der Waals surface area contributed by atoms with E-state index in [0.717, 1.165) is 18.4 Å². The molecule has 4 heteroatoms. The standard InChI is InChI=1S/C9H8BrNO2/c10-7-4-11-3-6(5-1-2-5)8(7)9(12)13/h3-5H,1-2H2,(H,12,13). The maximum atomic E-state index is 10.9. The highest BCUT2D eigenvalue weighted by atomic mass is 79.9. The van der Waals surface area contributed by atoms with E-state index in [9.17, 15) is 4.79 Å². The molecule has 0 saturated heterocycles. The molecule has 1 aromatic rings. The van der Waals surface area contributed by atoms with Gasteiger partial charge < -0.3 is 5.11 Å². The maximum Gasteiger partial charge on any atom is 0.337 e. The molecule has 68 valence electrons. The fraction of sp³-hybridized carbons (Fsp3) is 0.333. The normalized spacial score (nSPS) is 15.8. The van der Waals surface area contributed by atoms with Gasteiger partial charge in [0.15, 0.2) is 0 Å². The van der Waals surface area contributed by atoms with Gasteiger partial charge in [0.1, 0.15) is 0 Å². The van der Waals surface area contributed by atoms with E-state index in [1.807, 2.05) is 0 Å². The number of rotatable bonds is 2. The predicted octanol–water partition coefficient (Wildman–Crippen LogP) is 2.42. The smallest absolute Gasteiger partial charge is 0.337 e. The SMILES string of the molecule is O=C(O)c1c(Br)cncc1C1CC1. The quantitative estimate of drug-likeness (QED) is 0.866. The van der Waals surface area contributed by atoms with Crippen LogP contribution >= 0.6 is 15.9 Å². The molecule has 1 N–H and O–H groups in total. The zero-order valence-electron chi connectivity index (χ0n) is 6.83. The van der Waals surface area contributed by atoms with Crippen LogP contribution in [0, 0.1) is 0 Å². The average Bonchev–Trinajstić information content (AvgIpc) is 2.85. The number of aromatic carboxylic acids is 1. The Labute approximate surface area is 83.9 Å². The Morgan fingerprint density at radius 1 is 1.54 bits per heavy atom. The molecule has 1 aliphatic rings. The number of carboxylic acid groups (broad SMARTS) is 1. The largest absolute Gasteiger partial charge is 0.478 e. The molecular formula is C9H8BrNO2. The first-order chi connectivity index (χ1) is 6.20. The molecule has 0 atom stereocenters. The lowest BCUT2D eigenvalue weighted by atomic mass is 10.1. The van der Waals surface area contributed by atoms with Gasteiger partial charge in [-0.15, -0.1) is 0 Å². The summed E-state index contributed by atoms with van der Waals surface area (Å²) in [6.45, 7) is 0. The van der Waals surface area contributed by atoms with Crippen molar-refractivity contribution in [1.82, 2.24) is 4.98 Å². The number of halogens is 1. The van der Waals surface area contributed by atoms with Gasteiger partial charge in [-0.05, 0) is 40.3 Å². The van der Waals surface area contributed by atoms with E-state index in [-0.39, 0.29) is 0 Å². The lowest BCUT2D eigenvalue weighted by Crippen LogP contribution is -2.03. The number of hydrogen-bond donors (Lipinski definition) is 1. The molecule has 0 radical (unpaired) electrons. The highest BCUT2D eigenvalue weighted by molar-refractivity contribution is 9.10. The zero-order chi connectivity index (χ0) is 9.42. The second kappa shape index (κ2) is 3.10. The highest BCUT2D eigenvalue weighted by Gasteiger charge is 2.29. The summed E-state index contributed by atoms with van der Waals surface area (Å²) < 4.78 is 0.574. The second-order valence-electron chi connectivity index (χ2n) is 3.16. The first kappa shape index (κ1) is 8.69. The van der Waals surface area contributed by atoms with Gasteiger partial charge in [-0.25, -0.2) is 4.79 Å². The van der Waals surface area contributed by atoms with E-state index >= 15 is 0 Å². The van der Waals surface area contributed by atoms with Crippen molar-refractivity contribution in [2.75, 3.05) is 0 Å². The van der Waals surface area contributed by atoms with Gasteiger partial charge in [-0.1, -0.05) is 0 Å². The summed E-state index contributed by atoms with van der Waals surface area (Å²) in [5.41, 5.74) is 1.24. The highest BCUT2D eigenvalue weighted by Crippen LogP contribution is 2.42. The topological polar surface area (TPSA) is 50.2 Å². The Morgan fingerprint density at radius 3 is 2.77 bits per heavy atom. The van der Waals surface area contributed by atoms with Crippen molar-refractivity contribution in [1.29, 1.82) is 0 Å². The van der Waals surface area contributed by atoms with Crippen LogP contribution in [0.25, 0.3) is 0 Å². The van der Waals surface area contributed by atoms with Crippen molar-refractivity contribution in [3.05, 3.63) is 28.0 Å². The molecule has 0 aromatic carbocycles. The van der Waals surface area contributed by atoms with Crippen LogP contribution in [0.4, 0.5) is 0 Å². The molecule has 0 amide bonds. The van der Waals surface area contributed by atoms with Crippen molar-refractivity contribution in [2.45, 2.75) is 18.8 Å². The van der Waals surface area contributed by atoms with Crippen molar-refractivity contribution in [2.24, 2.45) is 0 Å². The van der Waals surface area contributed by atoms with Gasteiger partial charge in [-0.3, -0.25) is 4.98 Å². The van der Waals surface area contributed by atoms with E-state index in [1.54, 1.807) is 6.20 Å². The van der Waals surface area contributed by atoms with Crippen LogP contribution < -0.4 is 0 Å². The van der Waals surface area contributed by atoms with Crippen molar-refractivity contribution in [3.63, 3.8) is 0 Å². The molecule has 0 bridgehead atoms. The summed E-state index contributed by atoms with van der Waals surface area (Å²) in [6, 6.07) is 0. The van der Waals surface area contributed by atoms with E-state index < -0.39 is 5.97 Å². The number of carbonyl (C=O) groups is 1. The summed E-state index contributed by atoms with van der Waals surface area (Å²) in [7, 11) is 0. The average molecular weight is 242 g/mol. The molecule has 1 heterocycles. The van der Waals surface area contributed by atoms with Crippen LogP contribution in [0.5, 0.6) is 0 Å². The van der Waals surface area contributed by atoms with Crippen LogP contribution in [0.2, 0.25) is 0 Å². The van der Waals surface area contributed by atoms with E-state index in [2.05, 4.69) is 20.9 Å². The molecule has 13 heavy (non-hydrogen) atoms. The van der Waals surface area contributed by atoms with Crippen LogP contribution in [0.1, 0.15) is 34.7 Å². The van der Waals surface area contributed by atoms with Gasteiger partial charge in [0.2, 0.25) is 0 Å². The van der Waals surface area contributed by atoms with Gasteiger partial charge in [-0.2, -0.15) is 0 Å². The molecular weight excluding hydrogens is 234 g/mol. The van der Waals surface area contributed by atoms with Gasteiger partial charge >= 0.3 is 5.97 Å². The van der Waals surface area contributed by atoms with Crippen LogP contribution in [0.15, 0.2) is 16.9 Å². The van der Waals surface area contributed by atoms with E-state index in [1.165, 1.54) is 6.20 Å². The summed E-state index contributed by atoms with van der Waals surface area (Å²) in [5, 5.41) is 8.97. The van der Waals surface area contributed by atoms with Crippen LogP contribution in [0.3, 0.4) is 0 Å². The number of pyridine rings is 1. The fourth-order valence-electron chi connectivity index (χ4n) is 1.38. The zero-order valence-corrected chi connectivity index (χ0v) is 8.41. The summed E-state index contributed by atoms with van der Waals surface area (Å²) in [4.78, 5) is 14.9. The van der Waals surface area contributed by atoms with Gasteiger partial charge in [0.25, 0.3) is 0 Å². The maximum absolute atomic E-state index is 10.9. The Bertz CT molecular complexity index is 361. The molecule has 1 fully saturated rings. The lowest BCUT2D eigenvalue weighted by Gasteiger charge is -2.04. The van der Waals surface area contributed by atoms with E-state index in [0.29, 0.717) is 16.0 Å². The number of carboxylic acids is 1. The minimum Gasteiger partial charge on any atom is -0.478 e. The monoisotopic (exact) mass is 241 g/mol. The van der Waals surface area contributed by atoms with Crippen molar-refractivity contribution < 1.29 is 9.90 Å². The molecule has 0 unspecified atom stereocenters. The van der Waals surface area contributed by atoms with Crippen LogP contribution in [-0.4, -0.2) is 16.1 Å². The number of hydrogen-bond acceptors (Lipinski definition) is 2. The van der Waals surface area contributed by atoms with Gasteiger partial charge in [0.05, 0.1) is 10.0 Å². The minimum atomic E-state index is -0.879. The Kier molecular flexibility index (Phi) is 2.07. The fourth-order valence-corrected chi connectivity index (χ4v) is 1.90. The first-order valence-corrected chi connectivity index (χ1v) is 4.86. The molecule has 1 saturated carbocycles. The summed E-state index contributed by atoms with van der Waals surface area (Å²) in [5.74, 6) is -0.465.